The van der Waals surface area contributed by atoms with E-state index in [1.54, 1.807) is 0 Å². The van der Waals surface area contributed by atoms with Gasteiger partial charge in [-0.15, -0.1) is 0 Å². The molecule has 2 aliphatic rings. The molecule has 0 atom stereocenters. The molecule has 0 aromatic carbocycles. The van der Waals surface area contributed by atoms with Gasteiger partial charge in [0, 0.05) is 0 Å². The van der Waals surface area contributed by atoms with E-state index in [4.69, 9.17) is 0 Å². The van der Waals surface area contributed by atoms with Crippen molar-refractivity contribution in [1.29, 1.82) is 0 Å². The average Bonchev–Trinajstić information content (AvgIpc) is 2.47. The lowest BCUT2D eigenvalue weighted by Crippen LogP contribution is -2.04. The Morgan fingerprint density at radius 2 is 1.11 bits per heavy atom. The Morgan fingerprint density at radius 1 is 0.778 bits per heavy atom. The summed E-state index contributed by atoms with van der Waals surface area (Å²) in [7, 11) is 0. The predicted molar refractivity (Wildman–Crippen MR) is 41.4 cm³/mol. The monoisotopic (exact) mass is 126 g/mol. The minimum atomic E-state index is 1.06. The highest BCUT2D eigenvalue weighted by Gasteiger charge is 2.12. The Kier molecular flexibility index (Phi) is 2.56. The first-order valence-electron chi connectivity index (χ1n) is 4.29. The van der Waals surface area contributed by atoms with E-state index >= 15 is 0 Å². The molecule has 0 aromatic rings. The van der Waals surface area contributed by atoms with Crippen molar-refractivity contribution >= 4 is 0 Å². The van der Waals surface area contributed by atoms with Crippen molar-refractivity contribution in [2.75, 3.05) is 0 Å². The van der Waals surface area contributed by atoms with Crippen LogP contribution in [0.3, 0.4) is 0 Å². The minimum Gasteiger partial charge on any atom is -0.0625 e. The van der Waals surface area contributed by atoms with Gasteiger partial charge in [-0.3, -0.25) is 0 Å². The van der Waals surface area contributed by atoms with Gasteiger partial charge in [-0.1, -0.05) is 46.0 Å². The molecule has 2 rings (SSSR count). The molecule has 2 aliphatic carbocycles. The van der Waals surface area contributed by atoms with Gasteiger partial charge in [0.05, 0.1) is 0 Å². The quantitative estimate of drug-likeness (QED) is 0.467. The maximum Gasteiger partial charge on any atom is -0.0443 e. The summed E-state index contributed by atoms with van der Waals surface area (Å²) in [4.78, 5) is 0. The van der Waals surface area contributed by atoms with Gasteiger partial charge in [-0.2, -0.15) is 0 Å². The molecule has 0 aliphatic heterocycles. The van der Waals surface area contributed by atoms with E-state index in [-0.39, 0.29) is 0 Å². The van der Waals surface area contributed by atoms with Crippen LogP contribution >= 0.6 is 0 Å². The number of hydrogen-bond donors (Lipinski definition) is 0. The Hall–Kier alpha value is 0. The molecule has 0 spiro atoms. The lowest BCUT2D eigenvalue weighted by Gasteiger charge is -2.18. The van der Waals surface area contributed by atoms with Crippen LogP contribution in [0.1, 0.15) is 46.0 Å². The average molecular weight is 126 g/mol. The topological polar surface area (TPSA) is 0 Å². The summed E-state index contributed by atoms with van der Waals surface area (Å²) in [6.45, 7) is 4.59. The van der Waals surface area contributed by atoms with Crippen molar-refractivity contribution in [3.05, 3.63) is 0 Å². The van der Waals surface area contributed by atoms with Crippen LogP contribution in [0.15, 0.2) is 0 Å². The van der Waals surface area contributed by atoms with Crippen LogP contribution < -0.4 is 0 Å². The van der Waals surface area contributed by atoms with E-state index in [1.165, 1.54) is 32.1 Å². The van der Waals surface area contributed by atoms with Crippen molar-refractivity contribution in [2.24, 2.45) is 11.8 Å². The van der Waals surface area contributed by atoms with Gasteiger partial charge in [0.2, 0.25) is 0 Å². The summed E-state index contributed by atoms with van der Waals surface area (Å²) in [5.41, 5.74) is 0. The molecule has 0 unspecified atom stereocenters. The number of hydrogen-bond acceptors (Lipinski definition) is 0. The third kappa shape index (κ3) is 3.56. The van der Waals surface area contributed by atoms with Crippen molar-refractivity contribution in [3.8, 4) is 0 Å². The molecule has 0 heteroatoms. The van der Waals surface area contributed by atoms with E-state index in [9.17, 15) is 0 Å². The SMILES string of the molecule is CC1CC1.CC1CCC1. The highest BCUT2D eigenvalue weighted by molar-refractivity contribution is 4.65. The molecule has 0 nitrogen and oxygen atoms in total. The first-order chi connectivity index (χ1) is 4.29. The summed E-state index contributed by atoms with van der Waals surface area (Å²) in [5, 5.41) is 0. The molecule has 0 aromatic heterocycles. The van der Waals surface area contributed by atoms with E-state index < -0.39 is 0 Å². The second kappa shape index (κ2) is 3.24. The van der Waals surface area contributed by atoms with E-state index in [1.807, 2.05) is 0 Å². The highest BCUT2D eigenvalue weighted by Crippen LogP contribution is 2.26. The molecule has 54 valence electrons. The third-order valence-electron chi connectivity index (χ3n) is 2.26. The highest BCUT2D eigenvalue weighted by atomic mass is 14.2. The smallest absolute Gasteiger partial charge is 0.0443 e. The molecule has 0 heterocycles. The molecule has 2 fully saturated rings. The van der Waals surface area contributed by atoms with Crippen LogP contribution in [0, 0.1) is 11.8 Å². The first kappa shape index (κ1) is 7.11. The van der Waals surface area contributed by atoms with Crippen LogP contribution in [0.4, 0.5) is 0 Å². The molecule has 0 radical (unpaired) electrons. The van der Waals surface area contributed by atoms with Gasteiger partial charge >= 0.3 is 0 Å². The third-order valence-corrected chi connectivity index (χ3v) is 2.26. The molecule has 0 bridgehead atoms. The fourth-order valence-electron chi connectivity index (χ4n) is 0.779. The predicted octanol–water partition coefficient (Wildman–Crippen LogP) is 3.22. The van der Waals surface area contributed by atoms with Crippen LogP contribution in [-0.4, -0.2) is 0 Å². The molecule has 9 heavy (non-hydrogen) atoms. The maximum absolute atomic E-state index is 2.31. The van der Waals surface area contributed by atoms with Crippen molar-refractivity contribution < 1.29 is 0 Å². The summed E-state index contributed by atoms with van der Waals surface area (Å²) >= 11 is 0. The van der Waals surface area contributed by atoms with Crippen LogP contribution in [-0.2, 0) is 0 Å². The molecule has 0 N–H and O–H groups in total. The summed E-state index contributed by atoms with van der Waals surface area (Å²) < 4.78 is 0. The Labute approximate surface area is 58.7 Å². The first-order valence-corrected chi connectivity index (χ1v) is 4.29. The van der Waals surface area contributed by atoms with E-state index in [2.05, 4.69) is 13.8 Å². The lowest BCUT2D eigenvalue weighted by molar-refractivity contribution is 0.346. The minimum absolute atomic E-state index is 1.06. The number of rotatable bonds is 0. The van der Waals surface area contributed by atoms with Gasteiger partial charge in [-0.25, -0.2) is 0 Å². The van der Waals surface area contributed by atoms with Crippen molar-refractivity contribution in [3.63, 3.8) is 0 Å². The van der Waals surface area contributed by atoms with Crippen LogP contribution in [0.5, 0.6) is 0 Å². The van der Waals surface area contributed by atoms with Crippen LogP contribution in [0.25, 0.3) is 0 Å². The normalized spacial score (nSPS) is 26.0. The van der Waals surface area contributed by atoms with Gasteiger partial charge in [0.25, 0.3) is 0 Å². The Morgan fingerprint density at radius 3 is 1.11 bits per heavy atom. The van der Waals surface area contributed by atoms with Gasteiger partial charge in [0.15, 0.2) is 0 Å². The molecule has 0 amide bonds. The maximum atomic E-state index is 2.31. The second-order valence-corrected chi connectivity index (χ2v) is 3.72. The Balaban J connectivity index is 0.0000000922. The van der Waals surface area contributed by atoms with Crippen LogP contribution in [0.2, 0.25) is 0 Å². The fraction of sp³-hybridized carbons (Fsp3) is 1.00. The zero-order valence-corrected chi connectivity index (χ0v) is 6.69. The second-order valence-electron chi connectivity index (χ2n) is 3.72. The summed E-state index contributed by atoms with van der Waals surface area (Å²) in [6.07, 6.45) is 7.43. The largest absolute Gasteiger partial charge is 0.0625 e. The summed E-state index contributed by atoms with van der Waals surface area (Å²) in [6, 6.07) is 0. The van der Waals surface area contributed by atoms with Gasteiger partial charge in [-0.05, 0) is 11.8 Å². The molecular formula is C9H18. The van der Waals surface area contributed by atoms with E-state index in [0.29, 0.717) is 0 Å². The van der Waals surface area contributed by atoms with Gasteiger partial charge in [0.1, 0.15) is 0 Å². The zero-order chi connectivity index (χ0) is 6.69. The summed E-state index contributed by atoms with van der Waals surface area (Å²) in [5.74, 6) is 2.15. The van der Waals surface area contributed by atoms with Crippen molar-refractivity contribution in [2.45, 2.75) is 46.0 Å². The van der Waals surface area contributed by atoms with E-state index in [0.717, 1.165) is 11.8 Å². The standard InChI is InChI=1S/C5H10.C4H8/c1-5-3-2-4-5;1-4-2-3-4/h5H,2-4H2,1H3;4H,2-3H2,1H3. The molecular weight excluding hydrogens is 108 g/mol. The fourth-order valence-corrected chi connectivity index (χ4v) is 0.779. The molecule has 2 saturated carbocycles. The van der Waals surface area contributed by atoms with Crippen molar-refractivity contribution in [1.82, 2.24) is 0 Å². The Bertz CT molecular complexity index is 68.1. The molecule has 0 saturated heterocycles. The van der Waals surface area contributed by atoms with Gasteiger partial charge < -0.3 is 0 Å². The zero-order valence-electron chi connectivity index (χ0n) is 6.69. The lowest BCUT2D eigenvalue weighted by atomic mass is 9.88.